The number of aromatic amines is 1. The van der Waals surface area contributed by atoms with Crippen molar-refractivity contribution in [2.75, 3.05) is 12.5 Å². The molecule has 0 saturated carbocycles. The van der Waals surface area contributed by atoms with Crippen LogP contribution in [0.1, 0.15) is 11.1 Å². The molecule has 0 aliphatic heterocycles. The van der Waals surface area contributed by atoms with Gasteiger partial charge in [-0.3, -0.25) is 4.98 Å². The Morgan fingerprint density at radius 1 is 1.15 bits per heavy atom. The number of H-pyrrole nitrogens is 1. The van der Waals surface area contributed by atoms with Gasteiger partial charge in [-0.15, -0.1) is 0 Å². The third-order valence-corrected chi connectivity index (χ3v) is 6.18. The molecule has 170 valence electrons. The fraction of sp³-hybridized carbons (Fsp3) is 0.136. The van der Waals surface area contributed by atoms with Crippen molar-refractivity contribution in [1.82, 2.24) is 19.9 Å². The maximum absolute atomic E-state index is 6.26. The number of ether oxygens (including phenoxy) is 2. The summed E-state index contributed by atoms with van der Waals surface area (Å²) in [5, 5.41) is 8.24. The first kappa shape index (κ1) is 23.6. The minimum atomic E-state index is 0.266. The van der Waals surface area contributed by atoms with Gasteiger partial charge in [0.05, 0.1) is 18.1 Å². The molecule has 4 rings (SSSR count). The van der Waals surface area contributed by atoms with E-state index in [4.69, 9.17) is 44.9 Å². The van der Waals surface area contributed by atoms with Crippen LogP contribution in [0.3, 0.4) is 0 Å². The lowest BCUT2D eigenvalue weighted by Gasteiger charge is -2.16. The molecule has 0 radical (unpaired) electrons. The Hall–Kier alpha value is -2.59. The van der Waals surface area contributed by atoms with Gasteiger partial charge in [0.2, 0.25) is 4.77 Å². The molecule has 0 atom stereocenters. The lowest BCUT2D eigenvalue weighted by molar-refractivity contribution is 0.282. The zero-order chi connectivity index (χ0) is 23.4. The van der Waals surface area contributed by atoms with E-state index in [1.54, 1.807) is 36.3 Å². The number of halogens is 3. The summed E-state index contributed by atoms with van der Waals surface area (Å²) in [5.74, 6) is 1.81. The van der Waals surface area contributed by atoms with Crippen molar-refractivity contribution in [3.05, 3.63) is 85.3 Å². The van der Waals surface area contributed by atoms with Crippen LogP contribution in [-0.4, -0.2) is 27.0 Å². The van der Waals surface area contributed by atoms with Crippen LogP contribution in [0.2, 0.25) is 10.0 Å². The van der Waals surface area contributed by atoms with E-state index in [2.05, 4.69) is 36.5 Å². The minimum Gasteiger partial charge on any atom is -0.493 e. The Morgan fingerprint density at radius 3 is 2.67 bits per heavy atom. The summed E-state index contributed by atoms with van der Waals surface area (Å²) in [7, 11) is 1.59. The molecule has 33 heavy (non-hydrogen) atoms. The summed E-state index contributed by atoms with van der Waals surface area (Å²) in [6.45, 7) is 0.728. The molecule has 0 aliphatic carbocycles. The second-order valence-corrected chi connectivity index (χ2v) is 8.98. The van der Waals surface area contributed by atoms with Crippen LogP contribution in [-0.2, 0) is 13.2 Å². The number of methoxy groups -OCH3 is 1. The van der Waals surface area contributed by atoms with Gasteiger partial charge in [0, 0.05) is 33.6 Å². The standard InChI is InChI=1S/C22H18BrCl2N5O2S/c1-31-19-9-13(8-17(23)20(19)32-12-15-2-3-16(24)10-18(15)25)11-27-30-21(28-29-22(30)33)14-4-6-26-7-5-14/h2-10,27H,11-12H2,1H3,(H,29,33). The molecule has 2 heterocycles. The Kier molecular flexibility index (Phi) is 7.54. The quantitative estimate of drug-likeness (QED) is 0.240. The molecule has 0 spiro atoms. The first-order valence-electron chi connectivity index (χ1n) is 9.71. The van der Waals surface area contributed by atoms with Crippen molar-refractivity contribution in [3.8, 4) is 22.9 Å². The first-order valence-corrected chi connectivity index (χ1v) is 11.7. The highest BCUT2D eigenvalue weighted by atomic mass is 79.9. The van der Waals surface area contributed by atoms with Gasteiger partial charge >= 0.3 is 0 Å². The average Bonchev–Trinajstić information content (AvgIpc) is 3.18. The lowest BCUT2D eigenvalue weighted by Crippen LogP contribution is -2.16. The van der Waals surface area contributed by atoms with Gasteiger partial charge in [0.25, 0.3) is 0 Å². The van der Waals surface area contributed by atoms with Crippen molar-refractivity contribution in [1.29, 1.82) is 0 Å². The summed E-state index contributed by atoms with van der Waals surface area (Å²) >= 11 is 21.2. The SMILES string of the molecule is COc1cc(CNn2c(-c3ccncc3)n[nH]c2=S)cc(Br)c1OCc1ccc(Cl)cc1Cl. The van der Waals surface area contributed by atoms with Gasteiger partial charge in [-0.05, 0) is 70.1 Å². The van der Waals surface area contributed by atoms with Crippen molar-refractivity contribution in [3.63, 3.8) is 0 Å². The van der Waals surface area contributed by atoms with E-state index < -0.39 is 0 Å². The predicted octanol–water partition coefficient (Wildman–Crippen LogP) is 6.40. The smallest absolute Gasteiger partial charge is 0.214 e. The van der Waals surface area contributed by atoms with E-state index in [0.717, 1.165) is 21.2 Å². The minimum absolute atomic E-state index is 0.266. The molecule has 11 heteroatoms. The molecule has 0 bridgehead atoms. The maximum atomic E-state index is 6.26. The predicted molar refractivity (Wildman–Crippen MR) is 135 cm³/mol. The van der Waals surface area contributed by atoms with Crippen LogP contribution < -0.4 is 14.9 Å². The Balaban J connectivity index is 1.52. The monoisotopic (exact) mass is 565 g/mol. The third kappa shape index (κ3) is 5.50. The molecule has 0 aliphatic rings. The number of pyridine rings is 1. The van der Waals surface area contributed by atoms with Crippen LogP contribution >= 0.6 is 51.3 Å². The summed E-state index contributed by atoms with van der Waals surface area (Å²) in [5.41, 5.74) is 5.94. The van der Waals surface area contributed by atoms with Crippen molar-refractivity contribution in [2.45, 2.75) is 13.2 Å². The molecule has 2 aromatic heterocycles. The molecule has 0 saturated heterocycles. The molecule has 2 aromatic carbocycles. The van der Waals surface area contributed by atoms with Gasteiger partial charge in [-0.2, -0.15) is 5.10 Å². The van der Waals surface area contributed by atoms with Gasteiger partial charge in [-0.1, -0.05) is 29.3 Å². The second kappa shape index (κ2) is 10.6. The Labute approximate surface area is 213 Å². The number of nitrogens with zero attached hydrogens (tertiary/aromatic N) is 3. The molecule has 0 fully saturated rings. The largest absolute Gasteiger partial charge is 0.493 e. The Morgan fingerprint density at radius 2 is 1.94 bits per heavy atom. The topological polar surface area (TPSA) is 77.0 Å². The van der Waals surface area contributed by atoms with Crippen LogP contribution in [0.4, 0.5) is 0 Å². The van der Waals surface area contributed by atoms with E-state index in [1.165, 1.54) is 0 Å². The third-order valence-electron chi connectivity index (χ3n) is 4.73. The van der Waals surface area contributed by atoms with Crippen molar-refractivity contribution >= 4 is 51.3 Å². The van der Waals surface area contributed by atoms with Gasteiger partial charge in [0.15, 0.2) is 17.3 Å². The highest BCUT2D eigenvalue weighted by Crippen LogP contribution is 2.37. The zero-order valence-corrected chi connectivity index (χ0v) is 21.2. The fourth-order valence-corrected chi connectivity index (χ4v) is 4.38. The zero-order valence-electron chi connectivity index (χ0n) is 17.3. The molecular formula is C22H18BrCl2N5O2S. The van der Waals surface area contributed by atoms with E-state index in [9.17, 15) is 0 Å². The highest BCUT2D eigenvalue weighted by molar-refractivity contribution is 9.10. The number of hydrogen-bond acceptors (Lipinski definition) is 6. The molecule has 0 unspecified atom stereocenters. The molecular weight excluding hydrogens is 549 g/mol. The normalized spacial score (nSPS) is 10.8. The van der Waals surface area contributed by atoms with Crippen LogP contribution in [0.25, 0.3) is 11.4 Å². The maximum Gasteiger partial charge on any atom is 0.214 e. The summed E-state index contributed by atoms with van der Waals surface area (Å²) in [4.78, 5) is 4.04. The average molecular weight is 567 g/mol. The lowest BCUT2D eigenvalue weighted by atomic mass is 10.2. The van der Waals surface area contributed by atoms with Crippen LogP contribution in [0.5, 0.6) is 11.5 Å². The summed E-state index contributed by atoms with van der Waals surface area (Å²) in [6, 6.07) is 12.9. The van der Waals surface area contributed by atoms with Gasteiger partial charge < -0.3 is 14.9 Å². The number of aromatic nitrogens is 4. The van der Waals surface area contributed by atoms with Crippen molar-refractivity contribution in [2.24, 2.45) is 0 Å². The molecule has 7 nitrogen and oxygen atoms in total. The number of nitrogens with one attached hydrogen (secondary N) is 2. The molecule has 4 aromatic rings. The van der Waals surface area contributed by atoms with Gasteiger partial charge in [0.1, 0.15) is 6.61 Å². The van der Waals surface area contributed by atoms with E-state index in [1.807, 2.05) is 30.3 Å². The number of hydrogen-bond donors (Lipinski definition) is 2. The number of benzene rings is 2. The van der Waals surface area contributed by atoms with E-state index in [-0.39, 0.29) is 6.61 Å². The highest BCUT2D eigenvalue weighted by Gasteiger charge is 2.14. The summed E-state index contributed by atoms with van der Waals surface area (Å²) < 4.78 is 14.5. The first-order chi connectivity index (χ1) is 16.0. The fourth-order valence-electron chi connectivity index (χ4n) is 3.11. The van der Waals surface area contributed by atoms with E-state index >= 15 is 0 Å². The molecule has 0 amide bonds. The van der Waals surface area contributed by atoms with E-state index in [0.29, 0.717) is 38.7 Å². The van der Waals surface area contributed by atoms with Crippen LogP contribution in [0, 0.1) is 4.77 Å². The number of rotatable bonds is 8. The van der Waals surface area contributed by atoms with Crippen molar-refractivity contribution < 1.29 is 9.47 Å². The molecule has 2 N–H and O–H groups in total. The van der Waals surface area contributed by atoms with Crippen LogP contribution in [0.15, 0.2) is 59.3 Å². The second-order valence-electron chi connectivity index (χ2n) is 6.89. The van der Waals surface area contributed by atoms with Gasteiger partial charge in [-0.25, -0.2) is 9.77 Å². The summed E-state index contributed by atoms with van der Waals surface area (Å²) in [6.07, 6.45) is 3.41. The Bertz CT molecular complexity index is 1330.